The summed E-state index contributed by atoms with van der Waals surface area (Å²) >= 11 is 0. The summed E-state index contributed by atoms with van der Waals surface area (Å²) in [5, 5.41) is 9.86. The van der Waals surface area contributed by atoms with Crippen LogP contribution in [0.25, 0.3) is 6.08 Å². The van der Waals surface area contributed by atoms with Crippen molar-refractivity contribution in [2.45, 2.75) is 20.0 Å². The minimum Gasteiger partial charge on any atom is -0.508 e. The molecule has 29 heavy (non-hydrogen) atoms. The van der Waals surface area contributed by atoms with Crippen molar-refractivity contribution in [3.8, 4) is 34.5 Å². The molecule has 2 aliphatic rings. The van der Waals surface area contributed by atoms with Gasteiger partial charge in [-0.2, -0.15) is 0 Å². The fraction of sp³-hybridized carbons (Fsp3) is 0.238. The zero-order valence-electron chi connectivity index (χ0n) is 16.2. The Morgan fingerprint density at radius 1 is 1.10 bits per heavy atom. The van der Waals surface area contributed by atoms with Gasteiger partial charge in [0.05, 0.1) is 19.8 Å². The van der Waals surface area contributed by atoms with E-state index in [1.165, 1.54) is 32.4 Å². The number of hydrogen-bond donors (Lipinski definition) is 1. The van der Waals surface area contributed by atoms with Crippen LogP contribution < -0.4 is 18.9 Å². The summed E-state index contributed by atoms with van der Waals surface area (Å²) in [5.74, 6) is -0.129. The van der Waals surface area contributed by atoms with Gasteiger partial charge in [-0.3, -0.25) is 0 Å². The van der Waals surface area contributed by atoms with E-state index in [4.69, 9.17) is 23.7 Å². The standard InChI is InChI=1S/C21H18O8/c1-9-7-11(22)8-14-16(9)29-18-12-5-6-13(20(23)26-4)27-19(12)17(25-3)10(2)15(18)21(24)28-14/h5-8,13,22H,1-4H3/t13-/m1/s1. The molecule has 0 unspecified atom stereocenters. The van der Waals surface area contributed by atoms with Gasteiger partial charge in [-0.25, -0.2) is 9.59 Å². The van der Waals surface area contributed by atoms with Crippen molar-refractivity contribution in [2.24, 2.45) is 0 Å². The highest BCUT2D eigenvalue weighted by molar-refractivity contribution is 6.01. The molecule has 0 amide bonds. The average molecular weight is 398 g/mol. The maximum absolute atomic E-state index is 12.9. The van der Waals surface area contributed by atoms with E-state index < -0.39 is 18.0 Å². The number of phenolic OH excluding ortho intramolecular Hbond substituents is 1. The maximum atomic E-state index is 12.9. The number of phenols is 1. The molecule has 1 atom stereocenters. The van der Waals surface area contributed by atoms with Crippen LogP contribution in [0.4, 0.5) is 0 Å². The summed E-state index contributed by atoms with van der Waals surface area (Å²) in [5.41, 5.74) is 1.61. The number of methoxy groups -OCH3 is 2. The van der Waals surface area contributed by atoms with Gasteiger partial charge in [-0.15, -0.1) is 0 Å². The number of carbonyl (C=O) groups is 2. The summed E-state index contributed by atoms with van der Waals surface area (Å²) in [6.07, 6.45) is 2.17. The second kappa shape index (κ2) is 6.73. The molecule has 1 N–H and O–H groups in total. The Bertz CT molecular complexity index is 1080. The number of ether oxygens (including phenoxy) is 5. The fourth-order valence-electron chi connectivity index (χ4n) is 3.46. The summed E-state index contributed by atoms with van der Waals surface area (Å²) in [4.78, 5) is 24.8. The Labute approximate surface area is 166 Å². The van der Waals surface area contributed by atoms with Crippen LogP contribution in [0.2, 0.25) is 0 Å². The highest BCUT2D eigenvalue weighted by Crippen LogP contribution is 2.51. The maximum Gasteiger partial charge on any atom is 0.351 e. The van der Waals surface area contributed by atoms with Gasteiger partial charge in [-0.1, -0.05) is 0 Å². The number of aryl methyl sites for hydroxylation is 1. The van der Waals surface area contributed by atoms with Gasteiger partial charge in [0.25, 0.3) is 0 Å². The minimum atomic E-state index is -0.956. The third-order valence-corrected chi connectivity index (χ3v) is 4.79. The predicted octanol–water partition coefficient (Wildman–Crippen LogP) is 3.29. The molecule has 2 aliphatic heterocycles. The summed E-state index contributed by atoms with van der Waals surface area (Å²) in [6, 6.07) is 2.81. The van der Waals surface area contributed by atoms with Crippen LogP contribution >= 0.6 is 0 Å². The van der Waals surface area contributed by atoms with E-state index in [0.717, 1.165) is 0 Å². The molecular formula is C21H18O8. The van der Waals surface area contributed by atoms with E-state index in [1.54, 1.807) is 19.9 Å². The van der Waals surface area contributed by atoms with Gasteiger partial charge in [-0.05, 0) is 37.6 Å². The van der Waals surface area contributed by atoms with Gasteiger partial charge < -0.3 is 28.8 Å². The zero-order valence-corrected chi connectivity index (χ0v) is 16.2. The molecule has 2 aromatic rings. The smallest absolute Gasteiger partial charge is 0.351 e. The van der Waals surface area contributed by atoms with Crippen molar-refractivity contribution < 1.29 is 38.4 Å². The number of benzene rings is 2. The van der Waals surface area contributed by atoms with Crippen LogP contribution in [-0.4, -0.2) is 37.4 Å². The predicted molar refractivity (Wildman–Crippen MR) is 101 cm³/mol. The van der Waals surface area contributed by atoms with Gasteiger partial charge in [0.15, 0.2) is 28.7 Å². The highest BCUT2D eigenvalue weighted by atomic mass is 16.6. The van der Waals surface area contributed by atoms with Crippen molar-refractivity contribution in [1.82, 2.24) is 0 Å². The lowest BCUT2D eigenvalue weighted by atomic mass is 9.98. The topological polar surface area (TPSA) is 101 Å². The molecule has 0 spiro atoms. The Hall–Kier alpha value is -3.68. The molecule has 2 aromatic carbocycles. The zero-order chi connectivity index (χ0) is 20.9. The van der Waals surface area contributed by atoms with Crippen LogP contribution in [0.3, 0.4) is 0 Å². The van der Waals surface area contributed by atoms with Crippen LogP contribution in [0.5, 0.6) is 34.5 Å². The first-order valence-corrected chi connectivity index (χ1v) is 8.76. The number of fused-ring (bicyclic) bond motifs is 4. The second-order valence-corrected chi connectivity index (χ2v) is 6.61. The molecule has 0 fully saturated rings. The van der Waals surface area contributed by atoms with E-state index in [-0.39, 0.29) is 34.3 Å². The molecule has 2 heterocycles. The monoisotopic (exact) mass is 398 g/mol. The molecule has 0 aromatic heterocycles. The van der Waals surface area contributed by atoms with Crippen molar-refractivity contribution in [1.29, 1.82) is 0 Å². The summed E-state index contributed by atoms with van der Waals surface area (Å²) in [6.45, 7) is 3.39. The SMILES string of the molecule is COC(=O)[C@H]1C=Cc2c(c(OC)c(C)c3c2Oc2c(C)cc(O)cc2OC3=O)O1. The van der Waals surface area contributed by atoms with Gasteiger partial charge >= 0.3 is 11.9 Å². The van der Waals surface area contributed by atoms with E-state index in [9.17, 15) is 14.7 Å². The highest BCUT2D eigenvalue weighted by Gasteiger charge is 2.36. The van der Waals surface area contributed by atoms with Gasteiger partial charge in [0.2, 0.25) is 6.10 Å². The van der Waals surface area contributed by atoms with Crippen molar-refractivity contribution in [3.05, 3.63) is 40.5 Å². The number of rotatable bonds is 2. The lowest BCUT2D eigenvalue weighted by molar-refractivity contribution is -0.146. The lowest BCUT2D eigenvalue weighted by Crippen LogP contribution is -2.29. The molecule has 8 nitrogen and oxygen atoms in total. The summed E-state index contributed by atoms with van der Waals surface area (Å²) < 4.78 is 27.6. The normalized spacial score (nSPS) is 16.3. The largest absolute Gasteiger partial charge is 0.508 e. The Morgan fingerprint density at radius 3 is 2.55 bits per heavy atom. The van der Waals surface area contributed by atoms with E-state index in [1.807, 2.05) is 0 Å². The molecule has 8 heteroatoms. The van der Waals surface area contributed by atoms with E-state index in [0.29, 0.717) is 22.4 Å². The Morgan fingerprint density at radius 2 is 1.86 bits per heavy atom. The van der Waals surface area contributed by atoms with Gasteiger partial charge in [0.1, 0.15) is 11.3 Å². The Balaban J connectivity index is 1.96. The molecule has 0 saturated carbocycles. The third-order valence-electron chi connectivity index (χ3n) is 4.79. The molecule has 0 aliphatic carbocycles. The lowest BCUT2D eigenvalue weighted by Gasteiger charge is -2.25. The summed E-state index contributed by atoms with van der Waals surface area (Å²) in [7, 11) is 2.70. The van der Waals surface area contributed by atoms with E-state index >= 15 is 0 Å². The first-order valence-electron chi connectivity index (χ1n) is 8.76. The van der Waals surface area contributed by atoms with Crippen LogP contribution in [0, 0.1) is 13.8 Å². The van der Waals surface area contributed by atoms with Crippen LogP contribution in [0.15, 0.2) is 18.2 Å². The van der Waals surface area contributed by atoms with Crippen molar-refractivity contribution in [2.75, 3.05) is 14.2 Å². The first-order chi connectivity index (χ1) is 13.8. The number of aromatic hydroxyl groups is 1. The number of esters is 2. The molecule has 0 radical (unpaired) electrons. The quantitative estimate of drug-likeness (QED) is 0.608. The molecule has 150 valence electrons. The second-order valence-electron chi connectivity index (χ2n) is 6.61. The van der Waals surface area contributed by atoms with Crippen LogP contribution in [-0.2, 0) is 9.53 Å². The minimum absolute atomic E-state index is 0.0518. The van der Waals surface area contributed by atoms with Gasteiger partial charge in [0, 0.05) is 11.6 Å². The average Bonchev–Trinajstić information content (AvgIpc) is 2.83. The number of hydrogen-bond acceptors (Lipinski definition) is 8. The Kier molecular flexibility index (Phi) is 4.34. The molecular weight excluding hydrogens is 380 g/mol. The fourth-order valence-corrected chi connectivity index (χ4v) is 3.46. The first kappa shape index (κ1) is 18.7. The van der Waals surface area contributed by atoms with Crippen molar-refractivity contribution >= 4 is 18.0 Å². The molecule has 4 rings (SSSR count). The van der Waals surface area contributed by atoms with Crippen LogP contribution in [0.1, 0.15) is 27.0 Å². The molecule has 0 saturated heterocycles. The third kappa shape index (κ3) is 2.84. The van der Waals surface area contributed by atoms with Crippen molar-refractivity contribution in [3.63, 3.8) is 0 Å². The van der Waals surface area contributed by atoms with E-state index in [2.05, 4.69) is 0 Å². The number of carbonyl (C=O) groups excluding carboxylic acids is 2. The molecule has 0 bridgehead atoms.